The molecule has 20 heavy (non-hydrogen) atoms. The van der Waals surface area contributed by atoms with Gasteiger partial charge in [0.05, 0.1) is 0 Å². The second-order valence-electron chi connectivity index (χ2n) is 5.03. The Balaban J connectivity index is 2.98. The summed E-state index contributed by atoms with van der Waals surface area (Å²) in [7, 11) is 0. The van der Waals surface area contributed by atoms with E-state index in [0.717, 1.165) is 24.9 Å². The summed E-state index contributed by atoms with van der Waals surface area (Å²) >= 11 is 0. The Morgan fingerprint density at radius 1 is 1.15 bits per heavy atom. The third-order valence-electron chi connectivity index (χ3n) is 3.53. The SMILES string of the molecule is CCCOC(C)N(C(=O)C(CC)CC)c1ccccc1. The zero-order valence-corrected chi connectivity index (χ0v) is 13.1. The van der Waals surface area contributed by atoms with Crippen molar-refractivity contribution in [1.82, 2.24) is 0 Å². The minimum atomic E-state index is -0.231. The number of rotatable bonds is 8. The van der Waals surface area contributed by atoms with Crippen LogP contribution >= 0.6 is 0 Å². The van der Waals surface area contributed by atoms with E-state index in [9.17, 15) is 4.79 Å². The molecule has 0 bridgehead atoms. The molecule has 0 saturated carbocycles. The quantitative estimate of drug-likeness (QED) is 0.665. The van der Waals surface area contributed by atoms with Gasteiger partial charge in [0.1, 0.15) is 6.23 Å². The first-order chi connectivity index (χ1) is 9.65. The summed E-state index contributed by atoms with van der Waals surface area (Å²) in [5, 5.41) is 0. The summed E-state index contributed by atoms with van der Waals surface area (Å²) < 4.78 is 5.77. The summed E-state index contributed by atoms with van der Waals surface area (Å²) in [6.07, 6.45) is 2.44. The Bertz CT molecular complexity index is 387. The molecule has 0 aliphatic heterocycles. The van der Waals surface area contributed by atoms with E-state index in [-0.39, 0.29) is 18.1 Å². The first-order valence-corrected chi connectivity index (χ1v) is 7.65. The average Bonchev–Trinajstić information content (AvgIpc) is 2.47. The number of benzene rings is 1. The summed E-state index contributed by atoms with van der Waals surface area (Å²) in [5.74, 6) is 0.215. The summed E-state index contributed by atoms with van der Waals surface area (Å²) in [6.45, 7) is 8.81. The van der Waals surface area contributed by atoms with E-state index >= 15 is 0 Å². The first kappa shape index (κ1) is 16.7. The molecular weight excluding hydrogens is 250 g/mol. The monoisotopic (exact) mass is 277 g/mol. The number of hydrogen-bond donors (Lipinski definition) is 0. The molecule has 0 spiro atoms. The molecule has 3 nitrogen and oxygen atoms in total. The van der Waals surface area contributed by atoms with Gasteiger partial charge in [-0.25, -0.2) is 0 Å². The third-order valence-corrected chi connectivity index (χ3v) is 3.53. The number of ether oxygens (including phenoxy) is 1. The van der Waals surface area contributed by atoms with Gasteiger partial charge in [-0.3, -0.25) is 9.69 Å². The van der Waals surface area contributed by atoms with Crippen LogP contribution in [0.25, 0.3) is 0 Å². The van der Waals surface area contributed by atoms with Crippen LogP contribution in [0.3, 0.4) is 0 Å². The van der Waals surface area contributed by atoms with E-state index in [1.165, 1.54) is 0 Å². The van der Waals surface area contributed by atoms with Gasteiger partial charge in [0.25, 0.3) is 0 Å². The first-order valence-electron chi connectivity index (χ1n) is 7.65. The molecule has 1 amide bonds. The molecule has 3 heteroatoms. The van der Waals surface area contributed by atoms with Crippen molar-refractivity contribution < 1.29 is 9.53 Å². The fourth-order valence-electron chi connectivity index (χ4n) is 2.30. The predicted molar refractivity (Wildman–Crippen MR) is 83.7 cm³/mol. The molecule has 1 aromatic carbocycles. The zero-order valence-electron chi connectivity index (χ0n) is 13.1. The van der Waals surface area contributed by atoms with E-state index in [4.69, 9.17) is 4.74 Å². The van der Waals surface area contributed by atoms with Crippen molar-refractivity contribution in [3.8, 4) is 0 Å². The lowest BCUT2D eigenvalue weighted by Gasteiger charge is -2.32. The van der Waals surface area contributed by atoms with Crippen molar-refractivity contribution in [1.29, 1.82) is 0 Å². The molecule has 1 aromatic rings. The second kappa shape index (κ2) is 8.75. The van der Waals surface area contributed by atoms with Crippen LogP contribution in [0.15, 0.2) is 30.3 Å². The molecule has 1 unspecified atom stereocenters. The highest BCUT2D eigenvalue weighted by atomic mass is 16.5. The number of nitrogens with zero attached hydrogens (tertiary/aromatic N) is 1. The highest BCUT2D eigenvalue weighted by molar-refractivity contribution is 5.95. The normalized spacial score (nSPS) is 12.4. The van der Waals surface area contributed by atoms with E-state index in [0.29, 0.717) is 6.61 Å². The number of anilines is 1. The van der Waals surface area contributed by atoms with Gasteiger partial charge in [0.2, 0.25) is 5.91 Å². The van der Waals surface area contributed by atoms with Crippen LogP contribution in [-0.4, -0.2) is 18.7 Å². The molecule has 0 aliphatic rings. The van der Waals surface area contributed by atoms with Crippen molar-refractivity contribution in [2.45, 2.75) is 53.2 Å². The van der Waals surface area contributed by atoms with Crippen molar-refractivity contribution in [2.75, 3.05) is 11.5 Å². The number of amides is 1. The molecule has 0 heterocycles. The largest absolute Gasteiger partial charge is 0.358 e. The van der Waals surface area contributed by atoms with Gasteiger partial charge in [-0.1, -0.05) is 39.0 Å². The van der Waals surface area contributed by atoms with Crippen LogP contribution in [0.2, 0.25) is 0 Å². The van der Waals surface area contributed by atoms with Crippen molar-refractivity contribution in [3.63, 3.8) is 0 Å². The Morgan fingerprint density at radius 3 is 2.25 bits per heavy atom. The van der Waals surface area contributed by atoms with E-state index in [2.05, 4.69) is 20.8 Å². The Hall–Kier alpha value is -1.35. The highest BCUT2D eigenvalue weighted by Gasteiger charge is 2.27. The van der Waals surface area contributed by atoms with Crippen LogP contribution in [0.4, 0.5) is 5.69 Å². The van der Waals surface area contributed by atoms with E-state index < -0.39 is 0 Å². The van der Waals surface area contributed by atoms with Crippen molar-refractivity contribution >= 4 is 11.6 Å². The molecular formula is C17H27NO2. The van der Waals surface area contributed by atoms with Crippen LogP contribution in [0, 0.1) is 5.92 Å². The van der Waals surface area contributed by atoms with Gasteiger partial charge < -0.3 is 4.74 Å². The molecule has 112 valence electrons. The molecule has 0 aliphatic carbocycles. The smallest absolute Gasteiger partial charge is 0.232 e. The zero-order chi connectivity index (χ0) is 15.0. The lowest BCUT2D eigenvalue weighted by molar-refractivity contribution is -0.125. The van der Waals surface area contributed by atoms with Crippen molar-refractivity contribution in [2.24, 2.45) is 5.92 Å². The number of carbonyl (C=O) groups excluding carboxylic acids is 1. The van der Waals surface area contributed by atoms with Crippen molar-refractivity contribution in [3.05, 3.63) is 30.3 Å². The minimum Gasteiger partial charge on any atom is -0.358 e. The predicted octanol–water partition coefficient (Wildman–Crippen LogP) is 4.23. The molecule has 1 atom stereocenters. The Labute approximate surface area is 122 Å². The van der Waals surface area contributed by atoms with Crippen LogP contribution in [0.5, 0.6) is 0 Å². The standard InChI is InChI=1S/C17H27NO2/c1-5-13-20-14(4)18(16-11-9-8-10-12-16)17(19)15(6-2)7-3/h8-12,14-15H,5-7,13H2,1-4H3. The molecule has 0 N–H and O–H groups in total. The molecule has 1 rings (SSSR count). The maximum Gasteiger partial charge on any atom is 0.232 e. The average molecular weight is 277 g/mol. The third kappa shape index (κ3) is 4.34. The van der Waals surface area contributed by atoms with Gasteiger partial charge in [0.15, 0.2) is 0 Å². The topological polar surface area (TPSA) is 29.5 Å². The van der Waals surface area contributed by atoms with Gasteiger partial charge in [-0.05, 0) is 38.3 Å². The maximum atomic E-state index is 12.8. The lowest BCUT2D eigenvalue weighted by atomic mass is 10.0. The minimum absolute atomic E-state index is 0.0582. The summed E-state index contributed by atoms with van der Waals surface area (Å²) in [5.41, 5.74) is 0.910. The Morgan fingerprint density at radius 2 is 1.75 bits per heavy atom. The highest BCUT2D eigenvalue weighted by Crippen LogP contribution is 2.22. The summed E-state index contributed by atoms with van der Waals surface area (Å²) in [6, 6.07) is 9.79. The molecule has 0 radical (unpaired) electrons. The van der Waals surface area contributed by atoms with Crippen LogP contribution in [0.1, 0.15) is 47.0 Å². The van der Waals surface area contributed by atoms with Crippen LogP contribution in [-0.2, 0) is 9.53 Å². The second-order valence-corrected chi connectivity index (χ2v) is 5.03. The lowest BCUT2D eigenvalue weighted by Crippen LogP contribution is -2.43. The van der Waals surface area contributed by atoms with Crippen LogP contribution < -0.4 is 4.90 Å². The maximum absolute atomic E-state index is 12.8. The molecule has 0 saturated heterocycles. The number of carbonyl (C=O) groups is 1. The fourth-order valence-corrected chi connectivity index (χ4v) is 2.30. The van der Waals surface area contributed by atoms with Gasteiger partial charge >= 0.3 is 0 Å². The van der Waals surface area contributed by atoms with E-state index in [1.54, 1.807) is 4.90 Å². The summed E-state index contributed by atoms with van der Waals surface area (Å²) in [4.78, 5) is 14.6. The number of hydrogen-bond acceptors (Lipinski definition) is 2. The Kier molecular flexibility index (Phi) is 7.31. The molecule has 0 fully saturated rings. The van der Waals surface area contributed by atoms with E-state index in [1.807, 2.05) is 37.3 Å². The van der Waals surface area contributed by atoms with Gasteiger partial charge in [0, 0.05) is 18.2 Å². The number of para-hydroxylation sites is 1. The molecule has 0 aromatic heterocycles. The fraction of sp³-hybridized carbons (Fsp3) is 0.588. The van der Waals surface area contributed by atoms with Gasteiger partial charge in [-0.15, -0.1) is 0 Å². The van der Waals surface area contributed by atoms with Gasteiger partial charge in [-0.2, -0.15) is 0 Å².